The van der Waals surface area contributed by atoms with E-state index in [1.807, 2.05) is 6.07 Å². The third-order valence-corrected chi connectivity index (χ3v) is 4.63. The van der Waals surface area contributed by atoms with Gasteiger partial charge in [0.15, 0.2) is 0 Å². The molecular weight excluding hydrogens is 335 g/mol. The van der Waals surface area contributed by atoms with Crippen molar-refractivity contribution in [2.75, 3.05) is 11.9 Å². The molecule has 1 heterocycles. The van der Waals surface area contributed by atoms with Crippen molar-refractivity contribution in [2.24, 2.45) is 5.92 Å². The number of carbonyl (C=O) groups excluding carboxylic acids is 2. The summed E-state index contributed by atoms with van der Waals surface area (Å²) in [5, 5.41) is 5.80. The van der Waals surface area contributed by atoms with Gasteiger partial charge >= 0.3 is 0 Å². The predicted molar refractivity (Wildman–Crippen MR) is 94.6 cm³/mol. The van der Waals surface area contributed by atoms with Crippen molar-refractivity contribution < 1.29 is 18.7 Å². The minimum atomic E-state index is -0.386. The van der Waals surface area contributed by atoms with Crippen LogP contribution in [0.15, 0.2) is 42.5 Å². The third-order valence-electron chi connectivity index (χ3n) is 4.63. The molecule has 2 N–H and O–H groups in total. The van der Waals surface area contributed by atoms with E-state index in [0.29, 0.717) is 30.3 Å². The average Bonchev–Trinajstić information content (AvgIpc) is 3.45. The Morgan fingerprint density at radius 3 is 2.58 bits per heavy atom. The lowest BCUT2D eigenvalue weighted by molar-refractivity contribution is -0.126. The summed E-state index contributed by atoms with van der Waals surface area (Å²) in [7, 11) is 0. The molecule has 4 rings (SSSR count). The Kier molecular flexibility index (Phi) is 4.32. The third kappa shape index (κ3) is 3.69. The molecule has 26 heavy (non-hydrogen) atoms. The van der Waals surface area contributed by atoms with E-state index in [0.717, 1.165) is 24.2 Å². The highest BCUT2D eigenvalue weighted by atomic mass is 19.1. The molecule has 2 aliphatic rings. The maximum Gasteiger partial charge on any atom is 0.255 e. The van der Waals surface area contributed by atoms with Gasteiger partial charge in [-0.1, -0.05) is 0 Å². The number of amides is 2. The van der Waals surface area contributed by atoms with Gasteiger partial charge in [-0.3, -0.25) is 9.59 Å². The highest BCUT2D eigenvalue weighted by Gasteiger charge is 2.30. The highest BCUT2D eigenvalue weighted by molar-refractivity contribution is 6.04. The van der Waals surface area contributed by atoms with Gasteiger partial charge in [-0.25, -0.2) is 4.39 Å². The maximum atomic E-state index is 13.0. The van der Waals surface area contributed by atoms with E-state index >= 15 is 0 Å². The summed E-state index contributed by atoms with van der Waals surface area (Å²) >= 11 is 0. The van der Waals surface area contributed by atoms with Crippen LogP contribution in [0.4, 0.5) is 10.1 Å². The van der Waals surface area contributed by atoms with Crippen molar-refractivity contribution in [1.82, 2.24) is 5.32 Å². The first-order chi connectivity index (χ1) is 12.6. The van der Waals surface area contributed by atoms with Crippen LogP contribution < -0.4 is 15.4 Å². The van der Waals surface area contributed by atoms with Gasteiger partial charge in [-0.15, -0.1) is 0 Å². The number of hydrogen-bond acceptors (Lipinski definition) is 3. The fraction of sp³-hybridized carbons (Fsp3) is 0.300. The first-order valence-corrected chi connectivity index (χ1v) is 8.71. The number of fused-ring (bicyclic) bond motifs is 1. The van der Waals surface area contributed by atoms with Gasteiger partial charge < -0.3 is 15.4 Å². The highest BCUT2D eigenvalue weighted by Crippen LogP contribution is 2.31. The van der Waals surface area contributed by atoms with Gasteiger partial charge in [0.25, 0.3) is 5.91 Å². The zero-order valence-corrected chi connectivity index (χ0v) is 14.1. The van der Waals surface area contributed by atoms with E-state index in [-0.39, 0.29) is 23.5 Å². The Balaban J connectivity index is 1.45. The fourth-order valence-corrected chi connectivity index (χ4v) is 2.99. The Hall–Kier alpha value is -2.89. The van der Waals surface area contributed by atoms with Crippen LogP contribution in [-0.4, -0.2) is 24.5 Å². The lowest BCUT2D eigenvalue weighted by Crippen LogP contribution is -2.38. The second kappa shape index (κ2) is 6.78. The van der Waals surface area contributed by atoms with Crippen molar-refractivity contribution in [1.29, 1.82) is 0 Å². The standard InChI is InChI=1S/C20H19FN2O3/c21-15-3-1-12(2-4-15)19(24)23-17-7-8-18-13(10-17)9-14(11-26-18)20(25)22-16-5-6-16/h1-4,7-8,10,14,16H,5-6,9,11H2,(H,22,25)(H,23,24)/t14-/m1/s1. The van der Waals surface area contributed by atoms with E-state index < -0.39 is 0 Å². The molecule has 0 spiro atoms. The number of benzene rings is 2. The summed E-state index contributed by atoms with van der Waals surface area (Å²) in [5.41, 5.74) is 1.89. The monoisotopic (exact) mass is 354 g/mol. The molecule has 5 nitrogen and oxygen atoms in total. The quantitative estimate of drug-likeness (QED) is 0.887. The number of anilines is 1. The summed E-state index contributed by atoms with van der Waals surface area (Å²) < 4.78 is 18.7. The van der Waals surface area contributed by atoms with Crippen LogP contribution in [0.2, 0.25) is 0 Å². The van der Waals surface area contributed by atoms with Gasteiger partial charge in [-0.2, -0.15) is 0 Å². The van der Waals surface area contributed by atoms with Crippen LogP contribution in [-0.2, 0) is 11.2 Å². The van der Waals surface area contributed by atoms with Crippen molar-refractivity contribution in [3.63, 3.8) is 0 Å². The Morgan fingerprint density at radius 2 is 1.85 bits per heavy atom. The Morgan fingerprint density at radius 1 is 1.08 bits per heavy atom. The van der Waals surface area contributed by atoms with E-state index in [9.17, 15) is 14.0 Å². The molecule has 1 atom stereocenters. The number of nitrogens with one attached hydrogen (secondary N) is 2. The number of halogens is 1. The Bertz CT molecular complexity index is 847. The van der Waals surface area contributed by atoms with Crippen LogP contribution in [0.1, 0.15) is 28.8 Å². The average molecular weight is 354 g/mol. The predicted octanol–water partition coefficient (Wildman–Crippen LogP) is 2.91. The maximum absolute atomic E-state index is 13.0. The van der Waals surface area contributed by atoms with Gasteiger partial charge in [0.1, 0.15) is 18.2 Å². The van der Waals surface area contributed by atoms with Gasteiger partial charge in [0, 0.05) is 17.3 Å². The molecular formula is C20H19FN2O3. The number of rotatable bonds is 4. The molecule has 134 valence electrons. The minimum Gasteiger partial charge on any atom is -0.492 e. The van der Waals surface area contributed by atoms with Crippen LogP contribution in [0.5, 0.6) is 5.75 Å². The minimum absolute atomic E-state index is 0.0268. The van der Waals surface area contributed by atoms with Crippen molar-refractivity contribution in [3.8, 4) is 5.75 Å². The van der Waals surface area contributed by atoms with Crippen LogP contribution in [0, 0.1) is 11.7 Å². The van der Waals surface area contributed by atoms with E-state index in [2.05, 4.69) is 10.6 Å². The van der Waals surface area contributed by atoms with Gasteiger partial charge in [0.2, 0.25) is 5.91 Å². The van der Waals surface area contributed by atoms with Crippen LogP contribution in [0.25, 0.3) is 0 Å². The molecule has 2 aromatic rings. The number of hydrogen-bond donors (Lipinski definition) is 2. The summed E-state index contributed by atoms with van der Waals surface area (Å²) in [6.07, 6.45) is 2.68. The second-order valence-electron chi connectivity index (χ2n) is 6.78. The topological polar surface area (TPSA) is 67.4 Å². The summed E-state index contributed by atoms with van der Waals surface area (Å²) in [6.45, 7) is 0.368. The lowest BCUT2D eigenvalue weighted by Gasteiger charge is -2.25. The lowest BCUT2D eigenvalue weighted by atomic mass is 9.95. The van der Waals surface area contributed by atoms with Gasteiger partial charge in [-0.05, 0) is 67.3 Å². The molecule has 0 bridgehead atoms. The molecule has 0 saturated heterocycles. The zero-order chi connectivity index (χ0) is 18.1. The summed E-state index contributed by atoms with van der Waals surface area (Å²) in [6, 6.07) is 11.1. The molecule has 0 radical (unpaired) electrons. The Labute approximate surface area is 150 Å². The van der Waals surface area contributed by atoms with Crippen LogP contribution in [0.3, 0.4) is 0 Å². The smallest absolute Gasteiger partial charge is 0.255 e. The molecule has 1 aliphatic heterocycles. The molecule has 0 aromatic heterocycles. The molecule has 1 aliphatic carbocycles. The summed E-state index contributed by atoms with van der Waals surface area (Å²) in [5.74, 6) is -0.155. The van der Waals surface area contributed by atoms with Crippen molar-refractivity contribution in [2.45, 2.75) is 25.3 Å². The molecule has 2 amide bonds. The SMILES string of the molecule is O=C(Nc1ccc2c(c1)C[C@@H](C(=O)NC1CC1)CO2)c1ccc(F)cc1. The number of carbonyl (C=O) groups is 2. The molecule has 2 aromatic carbocycles. The van der Waals surface area contributed by atoms with Crippen molar-refractivity contribution in [3.05, 3.63) is 59.4 Å². The van der Waals surface area contributed by atoms with Gasteiger partial charge in [0.05, 0.1) is 5.92 Å². The first kappa shape index (κ1) is 16.6. The van der Waals surface area contributed by atoms with E-state index in [1.54, 1.807) is 12.1 Å². The fourth-order valence-electron chi connectivity index (χ4n) is 2.99. The molecule has 1 fully saturated rings. The van der Waals surface area contributed by atoms with E-state index in [4.69, 9.17) is 4.74 Å². The largest absolute Gasteiger partial charge is 0.492 e. The number of ether oxygens (including phenoxy) is 1. The molecule has 1 saturated carbocycles. The van der Waals surface area contributed by atoms with E-state index in [1.165, 1.54) is 24.3 Å². The zero-order valence-electron chi connectivity index (χ0n) is 14.1. The van der Waals surface area contributed by atoms with Crippen LogP contribution >= 0.6 is 0 Å². The second-order valence-corrected chi connectivity index (χ2v) is 6.78. The normalized spacial score (nSPS) is 18.4. The summed E-state index contributed by atoms with van der Waals surface area (Å²) in [4.78, 5) is 24.5. The molecule has 6 heteroatoms. The first-order valence-electron chi connectivity index (χ1n) is 8.71. The van der Waals surface area contributed by atoms with Crippen molar-refractivity contribution >= 4 is 17.5 Å². The molecule has 0 unspecified atom stereocenters.